The minimum absolute atomic E-state index is 0.0472. The van der Waals surface area contributed by atoms with Crippen LogP contribution in [0, 0.1) is 0 Å². The van der Waals surface area contributed by atoms with Crippen LogP contribution < -0.4 is 4.90 Å². The maximum Gasteiger partial charge on any atom is 0.417 e. The minimum Gasteiger partial charge on any atom is -0.268 e. The van der Waals surface area contributed by atoms with Crippen molar-refractivity contribution >= 4 is 40.7 Å². The Morgan fingerprint density at radius 3 is 2.17 bits per heavy atom. The molecule has 0 aromatic heterocycles. The van der Waals surface area contributed by atoms with E-state index in [-0.39, 0.29) is 21.8 Å². The number of anilines is 1. The van der Waals surface area contributed by atoms with Gasteiger partial charge in [-0.1, -0.05) is 23.2 Å². The molecule has 1 aliphatic heterocycles. The fourth-order valence-electron chi connectivity index (χ4n) is 2.32. The number of hydrogen-bond acceptors (Lipinski definition) is 2. The Hall–Kier alpha value is -2.05. The van der Waals surface area contributed by atoms with Crippen molar-refractivity contribution in [2.24, 2.45) is 0 Å². The van der Waals surface area contributed by atoms with Crippen molar-refractivity contribution in [1.82, 2.24) is 0 Å². The molecule has 118 valence electrons. The van der Waals surface area contributed by atoms with Crippen LogP contribution in [0.2, 0.25) is 10.0 Å². The van der Waals surface area contributed by atoms with Crippen molar-refractivity contribution in [3.8, 4) is 0 Å². The number of fused-ring (bicyclic) bond motifs is 1. The van der Waals surface area contributed by atoms with E-state index in [4.69, 9.17) is 23.2 Å². The lowest BCUT2D eigenvalue weighted by molar-refractivity contribution is -0.137. The molecule has 0 saturated carbocycles. The molecule has 0 radical (unpaired) electrons. The van der Waals surface area contributed by atoms with Crippen LogP contribution in [0.1, 0.15) is 26.3 Å². The van der Waals surface area contributed by atoms with Crippen molar-refractivity contribution in [3.63, 3.8) is 0 Å². The first-order chi connectivity index (χ1) is 10.7. The summed E-state index contributed by atoms with van der Waals surface area (Å²) < 4.78 is 38.8. The van der Waals surface area contributed by atoms with E-state index >= 15 is 0 Å². The SMILES string of the molecule is O=C1c2ccc(Cl)cc2C(=O)N1c1ccc(Cl)c(C(F)(F)F)c1. The molecule has 0 N–H and O–H groups in total. The second-order valence-electron chi connectivity index (χ2n) is 4.80. The number of imide groups is 1. The second-order valence-corrected chi connectivity index (χ2v) is 5.64. The maximum atomic E-state index is 12.9. The van der Waals surface area contributed by atoms with Crippen molar-refractivity contribution in [2.75, 3.05) is 4.90 Å². The first kappa shape index (κ1) is 15.8. The van der Waals surface area contributed by atoms with E-state index < -0.39 is 28.6 Å². The second kappa shape index (κ2) is 5.25. The van der Waals surface area contributed by atoms with Gasteiger partial charge in [0.05, 0.1) is 27.4 Å². The molecule has 1 heterocycles. The molecule has 0 bridgehead atoms. The van der Waals surface area contributed by atoms with Crippen LogP contribution in [0.3, 0.4) is 0 Å². The number of carbonyl (C=O) groups excluding carboxylic acids is 2. The van der Waals surface area contributed by atoms with E-state index in [1.54, 1.807) is 0 Å². The molecule has 0 spiro atoms. The highest BCUT2D eigenvalue weighted by Crippen LogP contribution is 2.38. The van der Waals surface area contributed by atoms with E-state index in [1.165, 1.54) is 24.3 Å². The molecule has 3 nitrogen and oxygen atoms in total. The number of benzene rings is 2. The first-order valence-corrected chi connectivity index (χ1v) is 7.01. The molecule has 3 rings (SSSR count). The number of halogens is 5. The fraction of sp³-hybridized carbons (Fsp3) is 0.0667. The molecule has 8 heteroatoms. The summed E-state index contributed by atoms with van der Waals surface area (Å²) in [4.78, 5) is 25.3. The van der Waals surface area contributed by atoms with Gasteiger partial charge in [0.2, 0.25) is 0 Å². The standard InChI is InChI=1S/C15H6Cl2F3NO2/c16-7-1-3-9-10(5-7)14(23)21(13(9)22)8-2-4-12(17)11(6-8)15(18,19)20/h1-6H. The molecule has 0 aliphatic carbocycles. The Morgan fingerprint density at radius 2 is 1.52 bits per heavy atom. The van der Waals surface area contributed by atoms with E-state index in [0.29, 0.717) is 11.0 Å². The Labute approximate surface area is 138 Å². The molecule has 0 fully saturated rings. The van der Waals surface area contributed by atoms with Crippen molar-refractivity contribution in [3.05, 3.63) is 63.1 Å². The Kier molecular flexibility index (Phi) is 3.61. The first-order valence-electron chi connectivity index (χ1n) is 6.25. The summed E-state index contributed by atoms with van der Waals surface area (Å²) in [6.07, 6.45) is -4.70. The van der Waals surface area contributed by atoms with Gasteiger partial charge in [0.15, 0.2) is 0 Å². The Balaban J connectivity index is 2.11. The van der Waals surface area contributed by atoms with Gasteiger partial charge >= 0.3 is 6.18 Å². The molecular formula is C15H6Cl2F3NO2. The van der Waals surface area contributed by atoms with Crippen LogP contribution in [0.4, 0.5) is 18.9 Å². The highest BCUT2D eigenvalue weighted by Gasteiger charge is 2.39. The Morgan fingerprint density at radius 1 is 0.870 bits per heavy atom. The van der Waals surface area contributed by atoms with E-state index in [2.05, 4.69) is 0 Å². The third-order valence-corrected chi connectivity index (χ3v) is 3.93. The van der Waals surface area contributed by atoms with E-state index in [1.807, 2.05) is 0 Å². The van der Waals surface area contributed by atoms with Gasteiger partial charge < -0.3 is 0 Å². The van der Waals surface area contributed by atoms with E-state index in [9.17, 15) is 22.8 Å². The molecule has 2 amide bonds. The molecule has 2 aromatic rings. The number of carbonyl (C=O) groups is 2. The van der Waals surface area contributed by atoms with Crippen LogP contribution in [-0.4, -0.2) is 11.8 Å². The topological polar surface area (TPSA) is 37.4 Å². The van der Waals surface area contributed by atoms with Gasteiger partial charge in [-0.05, 0) is 36.4 Å². The lowest BCUT2D eigenvalue weighted by atomic mass is 10.1. The summed E-state index contributed by atoms with van der Waals surface area (Å²) >= 11 is 11.3. The molecule has 1 aliphatic rings. The zero-order valence-corrected chi connectivity index (χ0v) is 12.6. The summed E-state index contributed by atoms with van der Waals surface area (Å²) in [7, 11) is 0. The molecule has 0 unspecified atom stereocenters. The van der Waals surface area contributed by atoms with Gasteiger partial charge in [-0.25, -0.2) is 4.90 Å². The average molecular weight is 360 g/mol. The summed E-state index contributed by atoms with van der Waals surface area (Å²) in [5.74, 6) is -1.44. The van der Waals surface area contributed by atoms with Crippen molar-refractivity contribution < 1.29 is 22.8 Å². The third kappa shape index (κ3) is 2.58. The smallest absolute Gasteiger partial charge is 0.268 e. The summed E-state index contributed by atoms with van der Waals surface area (Å²) in [6.45, 7) is 0. The summed E-state index contributed by atoms with van der Waals surface area (Å²) in [5, 5.41) is -0.264. The number of alkyl halides is 3. The molecule has 0 atom stereocenters. The fourth-order valence-corrected chi connectivity index (χ4v) is 2.71. The molecule has 0 saturated heterocycles. The number of rotatable bonds is 1. The van der Waals surface area contributed by atoms with Gasteiger partial charge in [-0.3, -0.25) is 9.59 Å². The monoisotopic (exact) mass is 359 g/mol. The predicted octanol–water partition coefficient (Wildman–Crippen LogP) is 4.81. The Bertz CT molecular complexity index is 849. The number of nitrogens with zero attached hydrogens (tertiary/aromatic N) is 1. The van der Waals surface area contributed by atoms with Crippen LogP contribution in [0.15, 0.2) is 36.4 Å². The lowest BCUT2D eigenvalue weighted by Gasteiger charge is -2.17. The van der Waals surface area contributed by atoms with Crippen LogP contribution >= 0.6 is 23.2 Å². The zero-order valence-electron chi connectivity index (χ0n) is 11.1. The normalized spacial score (nSPS) is 14.4. The highest BCUT2D eigenvalue weighted by molar-refractivity contribution is 6.37. The lowest BCUT2D eigenvalue weighted by Crippen LogP contribution is -2.29. The van der Waals surface area contributed by atoms with Gasteiger partial charge in [0.25, 0.3) is 11.8 Å². The minimum atomic E-state index is -4.70. The number of hydrogen-bond donors (Lipinski definition) is 0. The van der Waals surface area contributed by atoms with Gasteiger partial charge in [-0.15, -0.1) is 0 Å². The predicted molar refractivity (Wildman–Crippen MR) is 79.0 cm³/mol. The van der Waals surface area contributed by atoms with Gasteiger partial charge in [0.1, 0.15) is 0 Å². The van der Waals surface area contributed by atoms with Crippen molar-refractivity contribution in [1.29, 1.82) is 0 Å². The summed E-state index contributed by atoms with van der Waals surface area (Å²) in [6, 6.07) is 6.94. The average Bonchev–Trinajstić information content (AvgIpc) is 2.70. The quantitative estimate of drug-likeness (QED) is 0.685. The van der Waals surface area contributed by atoms with Crippen LogP contribution in [0.25, 0.3) is 0 Å². The molecule has 23 heavy (non-hydrogen) atoms. The maximum absolute atomic E-state index is 12.9. The molecular weight excluding hydrogens is 354 g/mol. The highest BCUT2D eigenvalue weighted by atomic mass is 35.5. The third-order valence-electron chi connectivity index (χ3n) is 3.36. The van der Waals surface area contributed by atoms with Crippen molar-refractivity contribution in [2.45, 2.75) is 6.18 Å². The zero-order chi connectivity index (χ0) is 16.9. The van der Waals surface area contributed by atoms with E-state index in [0.717, 1.165) is 6.07 Å². The van der Waals surface area contributed by atoms with Crippen LogP contribution in [-0.2, 0) is 6.18 Å². The summed E-state index contributed by atoms with van der Waals surface area (Å²) in [5.41, 5.74) is -1.19. The molecule has 2 aromatic carbocycles. The van der Waals surface area contributed by atoms with Gasteiger partial charge in [0, 0.05) is 5.02 Å². The van der Waals surface area contributed by atoms with Gasteiger partial charge in [-0.2, -0.15) is 13.2 Å². The number of amides is 2. The van der Waals surface area contributed by atoms with Crippen LogP contribution in [0.5, 0.6) is 0 Å². The largest absolute Gasteiger partial charge is 0.417 e.